The minimum Gasteiger partial charge on any atom is -0.494 e. The minimum absolute atomic E-state index is 0.174. The monoisotopic (exact) mass is 522 g/mol. The summed E-state index contributed by atoms with van der Waals surface area (Å²) in [5.41, 5.74) is 1.97. The molecular formula is C26H26N4O4S2. The molecule has 10 heteroatoms. The van der Waals surface area contributed by atoms with Gasteiger partial charge in [0.15, 0.2) is 0 Å². The molecule has 8 nitrogen and oxygen atoms in total. The van der Waals surface area contributed by atoms with Crippen molar-refractivity contribution >= 4 is 27.3 Å². The molecular weight excluding hydrogens is 496 g/mol. The van der Waals surface area contributed by atoms with Crippen LogP contribution in [0.1, 0.15) is 17.4 Å². The molecule has 0 spiro atoms. The number of sulfonamides is 1. The van der Waals surface area contributed by atoms with Gasteiger partial charge in [-0.15, -0.1) is 11.3 Å². The fourth-order valence-electron chi connectivity index (χ4n) is 4.16. The number of rotatable bonds is 7. The largest absolute Gasteiger partial charge is 0.494 e. The molecule has 36 heavy (non-hydrogen) atoms. The Morgan fingerprint density at radius 1 is 0.972 bits per heavy atom. The highest BCUT2D eigenvalue weighted by Crippen LogP contribution is 2.27. The number of piperazine rings is 1. The Hall–Kier alpha value is -3.47. The molecule has 5 rings (SSSR count). The number of nitrogens with zero attached hydrogens (tertiary/aromatic N) is 4. The lowest BCUT2D eigenvalue weighted by atomic mass is 10.2. The van der Waals surface area contributed by atoms with Gasteiger partial charge in [0, 0.05) is 26.2 Å². The first-order chi connectivity index (χ1) is 17.5. The van der Waals surface area contributed by atoms with Gasteiger partial charge in [0.05, 0.1) is 22.1 Å². The molecule has 4 aromatic rings. The van der Waals surface area contributed by atoms with E-state index in [1.807, 2.05) is 60.8 Å². The van der Waals surface area contributed by atoms with Crippen LogP contribution in [0.5, 0.6) is 5.75 Å². The first-order valence-electron chi connectivity index (χ1n) is 11.7. The van der Waals surface area contributed by atoms with E-state index in [1.165, 1.54) is 4.31 Å². The summed E-state index contributed by atoms with van der Waals surface area (Å²) < 4.78 is 34.8. The van der Waals surface area contributed by atoms with Gasteiger partial charge in [-0.25, -0.2) is 13.1 Å². The summed E-state index contributed by atoms with van der Waals surface area (Å²) in [4.78, 5) is 16.5. The van der Waals surface area contributed by atoms with Gasteiger partial charge in [0.1, 0.15) is 17.1 Å². The maximum Gasteiger partial charge on any atom is 0.272 e. The first-order valence-corrected chi connectivity index (χ1v) is 14.0. The van der Waals surface area contributed by atoms with Crippen molar-refractivity contribution in [2.45, 2.75) is 11.8 Å². The summed E-state index contributed by atoms with van der Waals surface area (Å²) in [6.45, 7) is 3.42. The van der Waals surface area contributed by atoms with Crippen molar-refractivity contribution in [2.75, 3.05) is 32.8 Å². The molecule has 0 saturated carbocycles. The number of hydrogen-bond acceptors (Lipinski definition) is 6. The Labute approximate surface area is 214 Å². The van der Waals surface area contributed by atoms with Crippen molar-refractivity contribution in [3.8, 4) is 22.0 Å². The number of amides is 1. The Morgan fingerprint density at radius 2 is 1.69 bits per heavy atom. The SMILES string of the molecule is CCOc1ccc(S(=O)(=O)N2CCN(C(=O)c3cc(-c4cccs4)nn3-c3ccccc3)CC2)cc1. The number of benzene rings is 2. The molecule has 0 aliphatic carbocycles. The smallest absolute Gasteiger partial charge is 0.272 e. The Kier molecular flexibility index (Phi) is 6.90. The Bertz CT molecular complexity index is 1430. The molecule has 1 aliphatic rings. The second-order valence-corrected chi connectivity index (χ2v) is 11.1. The van der Waals surface area contributed by atoms with Gasteiger partial charge in [-0.1, -0.05) is 24.3 Å². The summed E-state index contributed by atoms with van der Waals surface area (Å²) in [6, 6.07) is 21.7. The summed E-state index contributed by atoms with van der Waals surface area (Å²) in [7, 11) is -3.66. The lowest BCUT2D eigenvalue weighted by Gasteiger charge is -2.34. The number of carbonyl (C=O) groups is 1. The number of ether oxygens (including phenoxy) is 1. The fraction of sp³-hybridized carbons (Fsp3) is 0.231. The molecule has 1 amide bonds. The van der Waals surface area contributed by atoms with E-state index in [0.29, 0.717) is 31.1 Å². The van der Waals surface area contributed by atoms with Crippen LogP contribution in [0.4, 0.5) is 0 Å². The second-order valence-electron chi connectivity index (χ2n) is 8.24. The number of hydrogen-bond donors (Lipinski definition) is 0. The van der Waals surface area contributed by atoms with Crippen LogP contribution < -0.4 is 4.74 Å². The van der Waals surface area contributed by atoms with E-state index in [4.69, 9.17) is 9.84 Å². The van der Waals surface area contributed by atoms with E-state index >= 15 is 0 Å². The number of carbonyl (C=O) groups excluding carboxylic acids is 1. The van der Waals surface area contributed by atoms with Crippen LogP contribution in [0, 0.1) is 0 Å². The zero-order valence-corrected chi connectivity index (χ0v) is 21.4. The van der Waals surface area contributed by atoms with E-state index in [9.17, 15) is 13.2 Å². The van der Waals surface area contributed by atoms with Crippen molar-refractivity contribution in [3.05, 3.63) is 83.9 Å². The molecule has 0 bridgehead atoms. The van der Waals surface area contributed by atoms with E-state index in [1.54, 1.807) is 45.2 Å². The second kappa shape index (κ2) is 10.3. The molecule has 2 aromatic carbocycles. The molecule has 2 aromatic heterocycles. The quantitative estimate of drug-likeness (QED) is 0.364. The van der Waals surface area contributed by atoms with E-state index in [0.717, 1.165) is 16.3 Å². The summed E-state index contributed by atoms with van der Waals surface area (Å²) in [6.07, 6.45) is 0. The summed E-state index contributed by atoms with van der Waals surface area (Å²) >= 11 is 1.56. The van der Waals surface area contributed by atoms with Crippen LogP contribution in [0.2, 0.25) is 0 Å². The lowest BCUT2D eigenvalue weighted by Crippen LogP contribution is -2.50. The summed E-state index contributed by atoms with van der Waals surface area (Å²) in [5, 5.41) is 6.69. The molecule has 186 valence electrons. The van der Waals surface area contributed by atoms with Crippen LogP contribution in [0.15, 0.2) is 83.1 Å². The van der Waals surface area contributed by atoms with Gasteiger partial charge in [-0.3, -0.25) is 4.79 Å². The number of para-hydroxylation sites is 1. The molecule has 0 unspecified atom stereocenters. The predicted octanol–water partition coefficient (Wildman–Crippen LogP) is 4.15. The van der Waals surface area contributed by atoms with Crippen molar-refractivity contribution in [1.29, 1.82) is 0 Å². The van der Waals surface area contributed by atoms with Crippen LogP contribution in [0.25, 0.3) is 16.3 Å². The normalized spacial score (nSPS) is 14.6. The van der Waals surface area contributed by atoms with Gasteiger partial charge in [-0.05, 0) is 60.8 Å². The highest BCUT2D eigenvalue weighted by Gasteiger charge is 2.32. The third-order valence-corrected chi connectivity index (χ3v) is 8.81. The van der Waals surface area contributed by atoms with Crippen molar-refractivity contribution in [2.24, 2.45) is 0 Å². The van der Waals surface area contributed by atoms with E-state index < -0.39 is 10.0 Å². The molecule has 0 N–H and O–H groups in total. The predicted molar refractivity (Wildman–Crippen MR) is 139 cm³/mol. The van der Waals surface area contributed by atoms with E-state index in [-0.39, 0.29) is 23.9 Å². The zero-order valence-electron chi connectivity index (χ0n) is 19.8. The maximum absolute atomic E-state index is 13.6. The van der Waals surface area contributed by atoms with Crippen LogP contribution in [0.3, 0.4) is 0 Å². The fourth-order valence-corrected chi connectivity index (χ4v) is 6.26. The molecule has 3 heterocycles. The average molecular weight is 523 g/mol. The van der Waals surface area contributed by atoms with Crippen molar-refractivity contribution < 1.29 is 17.9 Å². The number of aromatic nitrogens is 2. The summed E-state index contributed by atoms with van der Waals surface area (Å²) in [5.74, 6) is 0.455. The first kappa shape index (κ1) is 24.2. The molecule has 1 fully saturated rings. The topological polar surface area (TPSA) is 84.7 Å². The van der Waals surface area contributed by atoms with Gasteiger partial charge < -0.3 is 9.64 Å². The van der Waals surface area contributed by atoms with Crippen LogP contribution in [-0.4, -0.2) is 66.1 Å². The third-order valence-electron chi connectivity index (χ3n) is 6.00. The lowest BCUT2D eigenvalue weighted by molar-refractivity contribution is 0.0688. The molecule has 1 aliphatic heterocycles. The van der Waals surface area contributed by atoms with Gasteiger partial charge in [0.25, 0.3) is 5.91 Å². The van der Waals surface area contributed by atoms with Crippen molar-refractivity contribution in [1.82, 2.24) is 19.0 Å². The molecule has 0 atom stereocenters. The van der Waals surface area contributed by atoms with Crippen LogP contribution >= 0.6 is 11.3 Å². The van der Waals surface area contributed by atoms with Crippen molar-refractivity contribution in [3.63, 3.8) is 0 Å². The maximum atomic E-state index is 13.6. The van der Waals surface area contributed by atoms with Gasteiger partial charge in [-0.2, -0.15) is 9.40 Å². The van der Waals surface area contributed by atoms with Gasteiger partial charge in [0.2, 0.25) is 10.0 Å². The van der Waals surface area contributed by atoms with Crippen LogP contribution in [-0.2, 0) is 10.0 Å². The highest BCUT2D eigenvalue weighted by atomic mass is 32.2. The number of thiophene rings is 1. The average Bonchev–Trinajstić information content (AvgIpc) is 3.60. The molecule has 0 radical (unpaired) electrons. The minimum atomic E-state index is -3.66. The highest BCUT2D eigenvalue weighted by molar-refractivity contribution is 7.89. The molecule has 1 saturated heterocycles. The third kappa shape index (κ3) is 4.79. The Balaban J connectivity index is 1.34. The standard InChI is InChI=1S/C26H26N4O4S2/c1-2-34-21-10-12-22(13-11-21)36(32,33)29-16-14-28(15-17-29)26(31)24-19-23(25-9-6-18-35-25)27-30(24)20-7-4-3-5-8-20/h3-13,18-19H,2,14-17H2,1H3. The Morgan fingerprint density at radius 3 is 2.33 bits per heavy atom. The van der Waals surface area contributed by atoms with Gasteiger partial charge >= 0.3 is 0 Å². The zero-order chi connectivity index (χ0) is 25.1. The van der Waals surface area contributed by atoms with E-state index in [2.05, 4.69) is 0 Å².